The summed E-state index contributed by atoms with van der Waals surface area (Å²) in [5.74, 6) is 1.75. The molecular weight excluding hydrogens is 455 g/mol. The second-order valence-electron chi connectivity index (χ2n) is 6.29. The molecule has 0 fully saturated rings. The van der Waals surface area contributed by atoms with E-state index in [0.29, 0.717) is 13.2 Å². The molecule has 0 heterocycles. The minimum Gasteiger partial charge on any atom is -0.492 e. The number of rotatable bonds is 13. The van der Waals surface area contributed by atoms with E-state index in [0.717, 1.165) is 63.0 Å². The van der Waals surface area contributed by atoms with Crippen LogP contribution in [0.15, 0.2) is 29.3 Å². The van der Waals surface area contributed by atoms with E-state index in [4.69, 9.17) is 14.5 Å². The zero-order chi connectivity index (χ0) is 19.0. The maximum Gasteiger partial charge on any atom is 0.191 e. The van der Waals surface area contributed by atoms with Gasteiger partial charge in [-0.05, 0) is 46.9 Å². The van der Waals surface area contributed by atoms with Crippen LogP contribution < -0.4 is 15.4 Å². The average molecular weight is 492 g/mol. The third-order valence-electron chi connectivity index (χ3n) is 3.73. The second kappa shape index (κ2) is 17.1. The van der Waals surface area contributed by atoms with E-state index in [2.05, 4.69) is 28.5 Å². The molecule has 0 bridgehead atoms. The third-order valence-corrected chi connectivity index (χ3v) is 3.73. The number of guanidine groups is 1. The zero-order valence-corrected chi connectivity index (χ0v) is 19.6. The first-order chi connectivity index (χ1) is 12.7. The third kappa shape index (κ3) is 12.9. The minimum absolute atomic E-state index is 0. The number of hydrogen-bond donors (Lipinski definition) is 2. The minimum atomic E-state index is 0. The lowest BCUT2D eigenvalue weighted by molar-refractivity contribution is 0.143. The summed E-state index contributed by atoms with van der Waals surface area (Å²) in [5.41, 5.74) is 1.10. The Bertz CT molecular complexity index is 513. The van der Waals surface area contributed by atoms with Gasteiger partial charge >= 0.3 is 0 Å². The van der Waals surface area contributed by atoms with Crippen molar-refractivity contribution in [2.75, 3.05) is 53.6 Å². The fraction of sp³-hybridized carbons (Fsp3) is 0.650. The number of hydrogen-bond acceptors (Lipinski definition) is 4. The predicted molar refractivity (Wildman–Crippen MR) is 124 cm³/mol. The molecule has 0 saturated heterocycles. The summed E-state index contributed by atoms with van der Waals surface area (Å²) in [6.45, 7) is 9.59. The number of ether oxygens (including phenoxy) is 2. The van der Waals surface area contributed by atoms with Crippen molar-refractivity contribution in [3.8, 4) is 5.75 Å². The number of likely N-dealkylation sites (N-methyl/N-ethyl adjacent to an activating group) is 1. The van der Waals surface area contributed by atoms with Crippen molar-refractivity contribution in [1.29, 1.82) is 0 Å². The molecule has 0 aromatic heterocycles. The van der Waals surface area contributed by atoms with Gasteiger partial charge in [0.15, 0.2) is 5.96 Å². The Morgan fingerprint density at radius 1 is 1.07 bits per heavy atom. The van der Waals surface area contributed by atoms with E-state index in [9.17, 15) is 0 Å². The Kier molecular flexibility index (Phi) is 16.4. The van der Waals surface area contributed by atoms with Gasteiger partial charge in [-0.2, -0.15) is 0 Å². The number of nitrogens with one attached hydrogen (secondary N) is 2. The van der Waals surface area contributed by atoms with Crippen molar-refractivity contribution in [1.82, 2.24) is 15.5 Å². The highest BCUT2D eigenvalue weighted by atomic mass is 127. The first-order valence-electron chi connectivity index (χ1n) is 9.62. The van der Waals surface area contributed by atoms with Crippen molar-refractivity contribution in [3.63, 3.8) is 0 Å². The fourth-order valence-corrected chi connectivity index (χ4v) is 2.30. The molecule has 1 rings (SSSR count). The number of aliphatic imine (C=N–C) groups is 1. The number of para-hydroxylation sites is 1. The second-order valence-corrected chi connectivity index (χ2v) is 6.29. The fourth-order valence-electron chi connectivity index (χ4n) is 2.30. The molecule has 0 radical (unpaired) electrons. The first kappa shape index (κ1) is 25.9. The first-order valence-corrected chi connectivity index (χ1v) is 9.62. The van der Waals surface area contributed by atoms with Gasteiger partial charge in [0, 0.05) is 38.4 Å². The van der Waals surface area contributed by atoms with Crippen LogP contribution in [-0.4, -0.2) is 64.4 Å². The standard InChI is InChI=1S/C20H36N4O2.HI/c1-5-21-20(22-13-9-10-15-25-6-2)23-17-18-11-7-8-12-19(18)26-16-14-24(3)4;/h7-8,11-12H,5-6,9-10,13-17H2,1-4H3,(H2,21,22,23);1H. The summed E-state index contributed by atoms with van der Waals surface area (Å²) in [6.07, 6.45) is 2.12. The van der Waals surface area contributed by atoms with Crippen molar-refractivity contribution in [2.45, 2.75) is 33.2 Å². The topological polar surface area (TPSA) is 58.1 Å². The SMILES string of the molecule is CCNC(=NCc1ccccc1OCCN(C)C)NCCCCOCC.I. The number of benzene rings is 1. The van der Waals surface area contributed by atoms with Gasteiger partial charge < -0.3 is 25.0 Å². The van der Waals surface area contributed by atoms with Crippen LogP contribution in [0, 0.1) is 0 Å². The molecule has 0 unspecified atom stereocenters. The molecule has 0 atom stereocenters. The molecule has 0 saturated carbocycles. The maximum absolute atomic E-state index is 5.91. The van der Waals surface area contributed by atoms with Crippen molar-refractivity contribution in [2.24, 2.45) is 4.99 Å². The molecule has 0 aliphatic heterocycles. The van der Waals surface area contributed by atoms with E-state index in [1.165, 1.54) is 0 Å². The lowest BCUT2D eigenvalue weighted by Crippen LogP contribution is -2.37. The summed E-state index contributed by atoms with van der Waals surface area (Å²) >= 11 is 0. The van der Waals surface area contributed by atoms with Gasteiger partial charge in [-0.3, -0.25) is 0 Å². The lowest BCUT2D eigenvalue weighted by Gasteiger charge is -2.14. The van der Waals surface area contributed by atoms with Crippen LogP contribution in [0.2, 0.25) is 0 Å². The molecule has 1 aromatic carbocycles. The van der Waals surface area contributed by atoms with Gasteiger partial charge in [-0.1, -0.05) is 18.2 Å². The van der Waals surface area contributed by atoms with Gasteiger partial charge in [0.2, 0.25) is 0 Å². The molecule has 0 amide bonds. The number of nitrogens with zero attached hydrogens (tertiary/aromatic N) is 2. The summed E-state index contributed by atoms with van der Waals surface area (Å²) in [4.78, 5) is 6.80. The van der Waals surface area contributed by atoms with Crippen molar-refractivity contribution >= 4 is 29.9 Å². The molecule has 27 heavy (non-hydrogen) atoms. The van der Waals surface area contributed by atoms with E-state index in [-0.39, 0.29) is 24.0 Å². The number of unbranched alkanes of at least 4 members (excludes halogenated alkanes) is 1. The van der Waals surface area contributed by atoms with E-state index >= 15 is 0 Å². The summed E-state index contributed by atoms with van der Waals surface area (Å²) in [7, 11) is 4.09. The highest BCUT2D eigenvalue weighted by Gasteiger charge is 2.04. The van der Waals surface area contributed by atoms with Crippen LogP contribution in [-0.2, 0) is 11.3 Å². The van der Waals surface area contributed by atoms with E-state index in [1.54, 1.807) is 0 Å². The smallest absolute Gasteiger partial charge is 0.191 e. The molecule has 156 valence electrons. The molecule has 2 N–H and O–H groups in total. The zero-order valence-electron chi connectivity index (χ0n) is 17.3. The van der Waals surface area contributed by atoms with Gasteiger partial charge in [-0.25, -0.2) is 4.99 Å². The normalized spacial score (nSPS) is 11.2. The Morgan fingerprint density at radius 2 is 1.85 bits per heavy atom. The molecule has 6 nitrogen and oxygen atoms in total. The molecule has 1 aromatic rings. The monoisotopic (exact) mass is 492 g/mol. The molecule has 0 spiro atoms. The van der Waals surface area contributed by atoms with Crippen molar-refractivity contribution < 1.29 is 9.47 Å². The van der Waals surface area contributed by atoms with Crippen LogP contribution in [0.1, 0.15) is 32.3 Å². The van der Waals surface area contributed by atoms with Crippen LogP contribution in [0.3, 0.4) is 0 Å². The largest absolute Gasteiger partial charge is 0.492 e. The molecule has 0 aliphatic carbocycles. The highest BCUT2D eigenvalue weighted by Crippen LogP contribution is 2.18. The van der Waals surface area contributed by atoms with Gasteiger partial charge in [0.05, 0.1) is 6.54 Å². The number of halogens is 1. The summed E-state index contributed by atoms with van der Waals surface area (Å²) in [5, 5.41) is 6.67. The lowest BCUT2D eigenvalue weighted by atomic mass is 10.2. The molecule has 7 heteroatoms. The Hall–Kier alpha value is -1.06. The highest BCUT2D eigenvalue weighted by molar-refractivity contribution is 14.0. The van der Waals surface area contributed by atoms with Crippen LogP contribution in [0.5, 0.6) is 5.75 Å². The van der Waals surface area contributed by atoms with E-state index < -0.39 is 0 Å². The van der Waals surface area contributed by atoms with Gasteiger partial charge in [0.1, 0.15) is 12.4 Å². The molecule has 0 aliphatic rings. The predicted octanol–water partition coefficient (Wildman–Crippen LogP) is 3.12. The van der Waals surface area contributed by atoms with Gasteiger partial charge in [-0.15, -0.1) is 24.0 Å². The quantitative estimate of drug-likeness (QED) is 0.192. The maximum atomic E-state index is 5.91. The van der Waals surface area contributed by atoms with Crippen LogP contribution in [0.4, 0.5) is 0 Å². The van der Waals surface area contributed by atoms with E-state index in [1.807, 2.05) is 39.2 Å². The van der Waals surface area contributed by atoms with Gasteiger partial charge in [0.25, 0.3) is 0 Å². The Morgan fingerprint density at radius 3 is 2.56 bits per heavy atom. The Labute approximate surface area is 182 Å². The van der Waals surface area contributed by atoms with Crippen LogP contribution in [0.25, 0.3) is 0 Å². The van der Waals surface area contributed by atoms with Crippen LogP contribution >= 0.6 is 24.0 Å². The summed E-state index contributed by atoms with van der Waals surface area (Å²) in [6, 6.07) is 8.10. The Balaban J connectivity index is 0.00000676. The summed E-state index contributed by atoms with van der Waals surface area (Å²) < 4.78 is 11.3. The van der Waals surface area contributed by atoms with Crippen molar-refractivity contribution in [3.05, 3.63) is 29.8 Å². The molecular formula is C20H37IN4O2. The average Bonchev–Trinajstić information content (AvgIpc) is 2.63.